The lowest BCUT2D eigenvalue weighted by molar-refractivity contribution is 0.170. The van der Waals surface area contributed by atoms with E-state index in [0.717, 1.165) is 30.8 Å². The van der Waals surface area contributed by atoms with Gasteiger partial charge in [0.1, 0.15) is 11.6 Å². The van der Waals surface area contributed by atoms with E-state index in [-0.39, 0.29) is 17.7 Å². The highest BCUT2D eigenvalue weighted by molar-refractivity contribution is 5.32. The van der Waals surface area contributed by atoms with Crippen molar-refractivity contribution < 1.29 is 8.78 Å². The maximum absolute atomic E-state index is 13.2. The number of benzene rings is 2. The van der Waals surface area contributed by atoms with Crippen LogP contribution in [0.2, 0.25) is 0 Å². The van der Waals surface area contributed by atoms with Crippen molar-refractivity contribution in [1.82, 2.24) is 10.2 Å². The third-order valence-electron chi connectivity index (χ3n) is 4.14. The summed E-state index contributed by atoms with van der Waals surface area (Å²) in [7, 11) is 0. The lowest BCUT2D eigenvalue weighted by Crippen LogP contribution is -2.50. The topological polar surface area (TPSA) is 15.3 Å². The highest BCUT2D eigenvalue weighted by Gasteiger charge is 2.26. The minimum absolute atomic E-state index is 0.0192. The normalized spacial score (nSPS) is 19.5. The van der Waals surface area contributed by atoms with Crippen molar-refractivity contribution in [2.45, 2.75) is 19.0 Å². The zero-order chi connectivity index (χ0) is 15.5. The molecule has 1 atom stereocenters. The molecule has 2 aromatic rings. The molecule has 0 radical (unpaired) electrons. The van der Waals surface area contributed by atoms with Gasteiger partial charge in [0, 0.05) is 25.7 Å². The minimum Gasteiger partial charge on any atom is -0.312 e. The van der Waals surface area contributed by atoms with Gasteiger partial charge in [0.15, 0.2) is 0 Å². The second kappa shape index (κ2) is 6.55. The van der Waals surface area contributed by atoms with Gasteiger partial charge in [-0.2, -0.15) is 0 Å². The van der Waals surface area contributed by atoms with Gasteiger partial charge < -0.3 is 5.32 Å². The predicted octanol–water partition coefficient (Wildman–Crippen LogP) is 3.35. The Labute approximate surface area is 129 Å². The lowest BCUT2D eigenvalue weighted by atomic mass is 9.96. The van der Waals surface area contributed by atoms with Gasteiger partial charge in [-0.3, -0.25) is 4.90 Å². The fourth-order valence-electron chi connectivity index (χ4n) is 3.10. The third-order valence-corrected chi connectivity index (χ3v) is 4.14. The lowest BCUT2D eigenvalue weighted by Gasteiger charge is -2.38. The Hall–Kier alpha value is -1.78. The Balaban J connectivity index is 1.97. The standard InChI is InChI=1S/C18H20F2N2/c1-13-12-22(11-10-21-13)18(14-2-6-16(19)7-3-14)15-4-8-17(20)9-5-15/h2-9,13,18,21H,10-12H2,1H3. The van der Waals surface area contributed by atoms with Gasteiger partial charge in [-0.15, -0.1) is 0 Å². The van der Waals surface area contributed by atoms with Gasteiger partial charge in [0.2, 0.25) is 0 Å². The van der Waals surface area contributed by atoms with Crippen molar-refractivity contribution in [3.8, 4) is 0 Å². The van der Waals surface area contributed by atoms with Crippen LogP contribution in [0.1, 0.15) is 24.1 Å². The Morgan fingerprint density at radius 3 is 1.91 bits per heavy atom. The fraction of sp³-hybridized carbons (Fsp3) is 0.333. The predicted molar refractivity (Wildman–Crippen MR) is 83.7 cm³/mol. The maximum Gasteiger partial charge on any atom is 0.123 e. The van der Waals surface area contributed by atoms with E-state index in [2.05, 4.69) is 17.1 Å². The van der Waals surface area contributed by atoms with Crippen LogP contribution in [0.5, 0.6) is 0 Å². The molecule has 4 heteroatoms. The van der Waals surface area contributed by atoms with Crippen molar-refractivity contribution in [1.29, 1.82) is 0 Å². The van der Waals surface area contributed by atoms with Crippen LogP contribution in [0.15, 0.2) is 48.5 Å². The molecule has 1 N–H and O–H groups in total. The molecule has 1 saturated heterocycles. The molecule has 1 unspecified atom stereocenters. The van der Waals surface area contributed by atoms with E-state index >= 15 is 0 Å². The van der Waals surface area contributed by atoms with Gasteiger partial charge in [0.25, 0.3) is 0 Å². The molecule has 1 aliphatic rings. The fourth-order valence-corrected chi connectivity index (χ4v) is 3.10. The smallest absolute Gasteiger partial charge is 0.123 e. The van der Waals surface area contributed by atoms with Gasteiger partial charge in [-0.05, 0) is 42.3 Å². The summed E-state index contributed by atoms with van der Waals surface area (Å²) >= 11 is 0. The number of hydrogen-bond donors (Lipinski definition) is 1. The van der Waals surface area contributed by atoms with E-state index in [1.54, 1.807) is 0 Å². The first-order valence-corrected chi connectivity index (χ1v) is 7.62. The second-order valence-corrected chi connectivity index (χ2v) is 5.86. The molecule has 3 rings (SSSR count). The molecule has 0 bridgehead atoms. The molecule has 1 aliphatic heterocycles. The van der Waals surface area contributed by atoms with Crippen molar-refractivity contribution >= 4 is 0 Å². The SMILES string of the molecule is CC1CN(C(c2ccc(F)cc2)c2ccc(F)cc2)CCN1. The summed E-state index contributed by atoms with van der Waals surface area (Å²) in [6.45, 7) is 4.88. The van der Waals surface area contributed by atoms with Crippen LogP contribution in [-0.2, 0) is 0 Å². The van der Waals surface area contributed by atoms with E-state index in [0.29, 0.717) is 6.04 Å². The summed E-state index contributed by atoms with van der Waals surface area (Å²) in [5, 5.41) is 3.43. The van der Waals surface area contributed by atoms with Gasteiger partial charge >= 0.3 is 0 Å². The molecule has 1 heterocycles. The largest absolute Gasteiger partial charge is 0.312 e. The third kappa shape index (κ3) is 3.34. The van der Waals surface area contributed by atoms with Gasteiger partial charge in [-0.1, -0.05) is 24.3 Å². The van der Waals surface area contributed by atoms with Crippen LogP contribution < -0.4 is 5.32 Å². The molecular weight excluding hydrogens is 282 g/mol. The highest BCUT2D eigenvalue weighted by Crippen LogP contribution is 2.29. The summed E-state index contributed by atoms with van der Waals surface area (Å²) in [6, 6.07) is 13.6. The quantitative estimate of drug-likeness (QED) is 0.935. The first kappa shape index (κ1) is 15.1. The minimum atomic E-state index is -0.240. The van der Waals surface area contributed by atoms with E-state index in [1.807, 2.05) is 24.3 Å². The number of rotatable bonds is 3. The van der Waals surface area contributed by atoms with Crippen LogP contribution in [0, 0.1) is 11.6 Å². The van der Waals surface area contributed by atoms with Crippen molar-refractivity contribution in [3.05, 3.63) is 71.3 Å². The average Bonchev–Trinajstić information content (AvgIpc) is 2.51. The van der Waals surface area contributed by atoms with Crippen LogP contribution in [0.3, 0.4) is 0 Å². The molecule has 1 fully saturated rings. The second-order valence-electron chi connectivity index (χ2n) is 5.86. The number of hydrogen-bond acceptors (Lipinski definition) is 2. The molecule has 0 aromatic heterocycles. The Morgan fingerprint density at radius 1 is 0.955 bits per heavy atom. The summed E-state index contributed by atoms with van der Waals surface area (Å²) in [4.78, 5) is 2.36. The van der Waals surface area contributed by atoms with Crippen molar-refractivity contribution in [3.63, 3.8) is 0 Å². The van der Waals surface area contributed by atoms with Crippen molar-refractivity contribution in [2.75, 3.05) is 19.6 Å². The Kier molecular flexibility index (Phi) is 4.50. The maximum atomic E-state index is 13.2. The Bertz CT molecular complexity index is 564. The van der Waals surface area contributed by atoms with Crippen LogP contribution >= 0.6 is 0 Å². The summed E-state index contributed by atoms with van der Waals surface area (Å²) in [6.07, 6.45) is 0. The summed E-state index contributed by atoms with van der Waals surface area (Å²) in [5.41, 5.74) is 2.06. The Morgan fingerprint density at radius 2 is 1.45 bits per heavy atom. The molecule has 0 aliphatic carbocycles. The molecule has 0 amide bonds. The molecule has 116 valence electrons. The number of halogens is 2. The molecular formula is C18H20F2N2. The summed E-state index contributed by atoms with van der Waals surface area (Å²) in [5.74, 6) is -0.481. The average molecular weight is 302 g/mol. The van der Waals surface area contributed by atoms with Gasteiger partial charge in [0.05, 0.1) is 6.04 Å². The van der Waals surface area contributed by atoms with E-state index < -0.39 is 0 Å². The molecule has 0 saturated carbocycles. The van der Waals surface area contributed by atoms with Crippen LogP contribution in [0.25, 0.3) is 0 Å². The summed E-state index contributed by atoms with van der Waals surface area (Å²) < 4.78 is 26.5. The molecule has 2 nitrogen and oxygen atoms in total. The van der Waals surface area contributed by atoms with Gasteiger partial charge in [-0.25, -0.2) is 8.78 Å². The number of nitrogens with zero attached hydrogens (tertiary/aromatic N) is 1. The van der Waals surface area contributed by atoms with E-state index in [9.17, 15) is 8.78 Å². The first-order valence-electron chi connectivity index (χ1n) is 7.62. The van der Waals surface area contributed by atoms with Crippen LogP contribution in [-0.4, -0.2) is 30.6 Å². The molecule has 22 heavy (non-hydrogen) atoms. The number of piperazine rings is 1. The zero-order valence-electron chi connectivity index (χ0n) is 12.6. The highest BCUT2D eigenvalue weighted by atomic mass is 19.1. The van der Waals surface area contributed by atoms with E-state index in [1.165, 1.54) is 24.3 Å². The van der Waals surface area contributed by atoms with Crippen molar-refractivity contribution in [2.24, 2.45) is 0 Å². The number of nitrogens with one attached hydrogen (secondary N) is 1. The zero-order valence-corrected chi connectivity index (χ0v) is 12.6. The molecule has 2 aromatic carbocycles. The van der Waals surface area contributed by atoms with Crippen LogP contribution in [0.4, 0.5) is 8.78 Å². The monoisotopic (exact) mass is 302 g/mol. The van der Waals surface area contributed by atoms with E-state index in [4.69, 9.17) is 0 Å². The first-order chi connectivity index (χ1) is 10.6. The molecule has 0 spiro atoms.